The van der Waals surface area contributed by atoms with E-state index in [1.807, 2.05) is 0 Å². The second kappa shape index (κ2) is 7.09. The lowest BCUT2D eigenvalue weighted by Gasteiger charge is -2.32. The van der Waals surface area contributed by atoms with E-state index < -0.39 is 0 Å². The molecule has 0 amide bonds. The minimum absolute atomic E-state index is 1.20. The van der Waals surface area contributed by atoms with Crippen molar-refractivity contribution in [2.24, 2.45) is 0 Å². The number of piperazine rings is 1. The molecule has 1 aromatic rings. The maximum absolute atomic E-state index is 2.60. The average Bonchev–Trinajstić information content (AvgIpc) is 2.41. The number of nitrogens with zero attached hydrogens (tertiary/aromatic N) is 3. The number of hydrogen-bond acceptors (Lipinski definition) is 3. The fourth-order valence-corrected chi connectivity index (χ4v) is 2.95. The van der Waals surface area contributed by atoms with Crippen molar-refractivity contribution in [2.75, 3.05) is 58.8 Å². The van der Waals surface area contributed by atoms with Crippen LogP contribution in [-0.2, 0) is 6.42 Å². The average molecular weight is 275 g/mol. The Balaban J connectivity index is 1.78. The molecule has 1 fully saturated rings. The Labute approximate surface area is 124 Å². The molecule has 0 aliphatic carbocycles. The van der Waals surface area contributed by atoms with Crippen molar-refractivity contribution in [3.63, 3.8) is 0 Å². The molecule has 0 radical (unpaired) electrons. The van der Waals surface area contributed by atoms with Gasteiger partial charge in [0.05, 0.1) is 0 Å². The lowest BCUT2D eigenvalue weighted by molar-refractivity contribution is 0.153. The Hall–Kier alpha value is -1.06. The predicted molar refractivity (Wildman–Crippen MR) is 87.8 cm³/mol. The number of likely N-dealkylation sites (N-methyl/N-ethyl adjacent to an activating group) is 1. The van der Waals surface area contributed by atoms with E-state index in [1.165, 1.54) is 62.4 Å². The SMILES string of the molecule is Cc1cc(CCCN2CCN(C)CC2)ccc1N(C)C. The summed E-state index contributed by atoms with van der Waals surface area (Å²) in [7, 11) is 6.43. The van der Waals surface area contributed by atoms with E-state index >= 15 is 0 Å². The molecule has 0 atom stereocenters. The van der Waals surface area contributed by atoms with Gasteiger partial charge in [-0.05, 0) is 50.6 Å². The van der Waals surface area contributed by atoms with Crippen molar-refractivity contribution >= 4 is 5.69 Å². The first-order chi connectivity index (χ1) is 9.56. The van der Waals surface area contributed by atoms with Crippen LogP contribution in [0.1, 0.15) is 17.5 Å². The number of anilines is 1. The van der Waals surface area contributed by atoms with E-state index in [2.05, 4.69) is 61.0 Å². The first kappa shape index (κ1) is 15.3. The number of aryl methyl sites for hydroxylation is 2. The summed E-state index contributed by atoms with van der Waals surface area (Å²) in [5, 5.41) is 0. The van der Waals surface area contributed by atoms with E-state index in [-0.39, 0.29) is 0 Å². The van der Waals surface area contributed by atoms with E-state index in [1.54, 1.807) is 0 Å². The van der Waals surface area contributed by atoms with Crippen molar-refractivity contribution in [3.8, 4) is 0 Å². The van der Waals surface area contributed by atoms with Gasteiger partial charge in [-0.25, -0.2) is 0 Å². The highest BCUT2D eigenvalue weighted by Gasteiger charge is 2.12. The summed E-state index contributed by atoms with van der Waals surface area (Å²) < 4.78 is 0. The summed E-state index contributed by atoms with van der Waals surface area (Å²) in [6.45, 7) is 8.35. The molecule has 112 valence electrons. The van der Waals surface area contributed by atoms with Gasteiger partial charge in [-0.3, -0.25) is 0 Å². The second-order valence-electron chi connectivity index (χ2n) is 6.26. The Morgan fingerprint density at radius 2 is 1.80 bits per heavy atom. The molecule has 0 unspecified atom stereocenters. The van der Waals surface area contributed by atoms with Crippen LogP contribution < -0.4 is 4.90 Å². The molecular weight excluding hydrogens is 246 g/mol. The van der Waals surface area contributed by atoms with E-state index in [0.717, 1.165) is 0 Å². The summed E-state index contributed by atoms with van der Waals surface area (Å²) in [5.74, 6) is 0. The molecule has 1 aliphatic heterocycles. The molecule has 1 aromatic carbocycles. The summed E-state index contributed by atoms with van der Waals surface area (Å²) >= 11 is 0. The second-order valence-corrected chi connectivity index (χ2v) is 6.26. The standard InChI is InChI=1S/C17H29N3/c1-15-14-16(7-8-17(15)18(2)3)6-5-9-20-12-10-19(4)11-13-20/h7-8,14H,5-6,9-13H2,1-4H3. The highest BCUT2D eigenvalue weighted by molar-refractivity contribution is 5.53. The third-order valence-corrected chi connectivity index (χ3v) is 4.28. The molecule has 20 heavy (non-hydrogen) atoms. The molecule has 3 heteroatoms. The summed E-state index contributed by atoms with van der Waals surface area (Å²) in [6, 6.07) is 6.88. The van der Waals surface area contributed by atoms with Gasteiger partial charge in [-0.1, -0.05) is 12.1 Å². The molecule has 0 N–H and O–H groups in total. The largest absolute Gasteiger partial charge is 0.377 e. The lowest BCUT2D eigenvalue weighted by Crippen LogP contribution is -2.44. The van der Waals surface area contributed by atoms with Crippen LogP contribution in [0.2, 0.25) is 0 Å². The molecule has 2 rings (SSSR count). The van der Waals surface area contributed by atoms with E-state index in [9.17, 15) is 0 Å². The van der Waals surface area contributed by atoms with Crippen LogP contribution in [0, 0.1) is 6.92 Å². The van der Waals surface area contributed by atoms with Crippen LogP contribution in [0.4, 0.5) is 5.69 Å². The van der Waals surface area contributed by atoms with Gasteiger partial charge in [0.25, 0.3) is 0 Å². The van der Waals surface area contributed by atoms with Crippen LogP contribution in [-0.4, -0.2) is 63.7 Å². The van der Waals surface area contributed by atoms with Crippen LogP contribution >= 0.6 is 0 Å². The van der Waals surface area contributed by atoms with Crippen molar-refractivity contribution in [2.45, 2.75) is 19.8 Å². The zero-order chi connectivity index (χ0) is 14.5. The van der Waals surface area contributed by atoms with Gasteiger partial charge in [0.2, 0.25) is 0 Å². The van der Waals surface area contributed by atoms with Gasteiger partial charge in [-0.2, -0.15) is 0 Å². The first-order valence-corrected chi connectivity index (χ1v) is 7.74. The molecular formula is C17H29N3. The number of benzene rings is 1. The van der Waals surface area contributed by atoms with Crippen molar-refractivity contribution < 1.29 is 0 Å². The molecule has 1 heterocycles. The third kappa shape index (κ3) is 4.22. The van der Waals surface area contributed by atoms with Gasteiger partial charge >= 0.3 is 0 Å². The molecule has 1 aliphatic rings. The van der Waals surface area contributed by atoms with Gasteiger partial charge in [0.15, 0.2) is 0 Å². The van der Waals surface area contributed by atoms with Crippen LogP contribution in [0.15, 0.2) is 18.2 Å². The van der Waals surface area contributed by atoms with Crippen molar-refractivity contribution in [3.05, 3.63) is 29.3 Å². The van der Waals surface area contributed by atoms with E-state index in [0.29, 0.717) is 0 Å². The Morgan fingerprint density at radius 1 is 1.10 bits per heavy atom. The number of hydrogen-bond donors (Lipinski definition) is 0. The third-order valence-electron chi connectivity index (χ3n) is 4.28. The fraction of sp³-hybridized carbons (Fsp3) is 0.647. The van der Waals surface area contributed by atoms with Gasteiger partial charge in [0, 0.05) is 46.0 Å². The van der Waals surface area contributed by atoms with Crippen molar-refractivity contribution in [1.29, 1.82) is 0 Å². The molecule has 0 bridgehead atoms. The van der Waals surface area contributed by atoms with Gasteiger partial charge in [0.1, 0.15) is 0 Å². The Morgan fingerprint density at radius 3 is 2.40 bits per heavy atom. The zero-order valence-corrected chi connectivity index (χ0v) is 13.5. The summed E-state index contributed by atoms with van der Waals surface area (Å²) in [4.78, 5) is 7.20. The first-order valence-electron chi connectivity index (χ1n) is 7.74. The normalized spacial score (nSPS) is 17.4. The molecule has 0 aromatic heterocycles. The lowest BCUT2D eigenvalue weighted by atomic mass is 10.0. The monoisotopic (exact) mass is 275 g/mol. The maximum Gasteiger partial charge on any atom is 0.0390 e. The summed E-state index contributed by atoms with van der Waals surface area (Å²) in [6.07, 6.45) is 2.46. The quantitative estimate of drug-likeness (QED) is 0.816. The highest BCUT2D eigenvalue weighted by atomic mass is 15.2. The van der Waals surface area contributed by atoms with Crippen molar-refractivity contribution in [1.82, 2.24) is 9.80 Å². The van der Waals surface area contributed by atoms with Gasteiger partial charge in [-0.15, -0.1) is 0 Å². The molecule has 3 nitrogen and oxygen atoms in total. The molecule has 1 saturated heterocycles. The Kier molecular flexibility index (Phi) is 5.44. The smallest absolute Gasteiger partial charge is 0.0390 e. The predicted octanol–water partition coefficient (Wildman–Crippen LogP) is 2.24. The minimum Gasteiger partial charge on any atom is -0.377 e. The summed E-state index contributed by atoms with van der Waals surface area (Å²) in [5.41, 5.74) is 4.18. The number of rotatable bonds is 5. The molecule has 0 spiro atoms. The van der Waals surface area contributed by atoms with Gasteiger partial charge < -0.3 is 14.7 Å². The highest BCUT2D eigenvalue weighted by Crippen LogP contribution is 2.19. The van der Waals surface area contributed by atoms with E-state index in [4.69, 9.17) is 0 Å². The topological polar surface area (TPSA) is 9.72 Å². The zero-order valence-electron chi connectivity index (χ0n) is 13.5. The maximum atomic E-state index is 2.60. The van der Waals surface area contributed by atoms with Crippen LogP contribution in [0.25, 0.3) is 0 Å². The fourth-order valence-electron chi connectivity index (χ4n) is 2.95. The van der Waals surface area contributed by atoms with Crippen LogP contribution in [0.5, 0.6) is 0 Å². The molecule has 0 saturated carbocycles. The minimum atomic E-state index is 1.20. The Bertz CT molecular complexity index is 420. The van der Waals surface area contributed by atoms with Crippen LogP contribution in [0.3, 0.4) is 0 Å².